The van der Waals surface area contributed by atoms with Crippen molar-refractivity contribution in [3.05, 3.63) is 34.1 Å². The van der Waals surface area contributed by atoms with Crippen LogP contribution in [0.3, 0.4) is 0 Å². The minimum Gasteiger partial charge on any atom is -0.378 e. The molecular weight excluding hydrogens is 299 g/mol. The average Bonchev–Trinajstić information content (AvgIpc) is 2.85. The fraction of sp³-hybridized carbons (Fsp3) is 0.500. The second kappa shape index (κ2) is 6.43. The number of carbonyl (C=O) groups excluding carboxylic acids is 1. The smallest absolute Gasteiger partial charge is 0.162 e. The zero-order chi connectivity index (χ0) is 13.0. The van der Waals surface area contributed by atoms with E-state index in [2.05, 4.69) is 15.9 Å². The van der Waals surface area contributed by atoms with Gasteiger partial charge in [-0.05, 0) is 59.8 Å². The standard InChI is InChI=1S/C14H16BrFO2/c15-12-9-10(6-7-13(12)16)14(17)5-1-3-11-4-2-8-18-11/h6-7,9,11H,1-5,8H2. The number of ketones is 1. The van der Waals surface area contributed by atoms with Gasteiger partial charge in [0.1, 0.15) is 5.82 Å². The molecule has 0 N–H and O–H groups in total. The Morgan fingerprint density at radius 2 is 2.33 bits per heavy atom. The van der Waals surface area contributed by atoms with Crippen LogP contribution in [0.15, 0.2) is 22.7 Å². The summed E-state index contributed by atoms with van der Waals surface area (Å²) in [5.41, 5.74) is 0.565. The van der Waals surface area contributed by atoms with Gasteiger partial charge in [0.15, 0.2) is 5.78 Å². The summed E-state index contributed by atoms with van der Waals surface area (Å²) >= 11 is 3.09. The van der Waals surface area contributed by atoms with Crippen LogP contribution >= 0.6 is 15.9 Å². The van der Waals surface area contributed by atoms with Gasteiger partial charge in [-0.15, -0.1) is 0 Å². The molecule has 0 bridgehead atoms. The molecule has 2 rings (SSSR count). The Balaban J connectivity index is 1.81. The molecule has 1 aromatic rings. The molecule has 1 aromatic carbocycles. The molecule has 1 unspecified atom stereocenters. The first kappa shape index (κ1) is 13.7. The maximum atomic E-state index is 13.0. The minimum absolute atomic E-state index is 0.0636. The first-order valence-corrected chi connectivity index (χ1v) is 7.06. The van der Waals surface area contributed by atoms with Gasteiger partial charge in [-0.3, -0.25) is 4.79 Å². The normalized spacial score (nSPS) is 19.1. The van der Waals surface area contributed by atoms with E-state index in [0.29, 0.717) is 22.6 Å². The maximum absolute atomic E-state index is 13.0. The van der Waals surface area contributed by atoms with Crippen LogP contribution in [0.1, 0.15) is 42.5 Å². The predicted octanol–water partition coefficient (Wildman–Crippen LogP) is 4.12. The molecule has 1 aliphatic rings. The van der Waals surface area contributed by atoms with E-state index >= 15 is 0 Å². The highest BCUT2D eigenvalue weighted by molar-refractivity contribution is 9.10. The average molecular weight is 315 g/mol. The van der Waals surface area contributed by atoms with Gasteiger partial charge in [-0.25, -0.2) is 4.39 Å². The van der Waals surface area contributed by atoms with E-state index in [9.17, 15) is 9.18 Å². The SMILES string of the molecule is O=C(CCCC1CCCO1)c1ccc(F)c(Br)c1. The number of halogens is 2. The Kier molecular flexibility index (Phi) is 4.89. The Morgan fingerprint density at radius 1 is 1.50 bits per heavy atom. The molecule has 18 heavy (non-hydrogen) atoms. The van der Waals surface area contributed by atoms with Crippen LogP contribution in [0, 0.1) is 5.82 Å². The second-order valence-electron chi connectivity index (χ2n) is 4.58. The summed E-state index contributed by atoms with van der Waals surface area (Å²) in [5, 5.41) is 0. The second-order valence-corrected chi connectivity index (χ2v) is 5.43. The number of hydrogen-bond donors (Lipinski definition) is 0. The van der Waals surface area contributed by atoms with Crippen LogP contribution in [-0.4, -0.2) is 18.5 Å². The van der Waals surface area contributed by atoms with Crippen LogP contribution in [-0.2, 0) is 4.74 Å². The topological polar surface area (TPSA) is 26.3 Å². The van der Waals surface area contributed by atoms with Crippen LogP contribution < -0.4 is 0 Å². The zero-order valence-corrected chi connectivity index (χ0v) is 11.7. The third-order valence-electron chi connectivity index (χ3n) is 3.20. The van der Waals surface area contributed by atoms with Crippen molar-refractivity contribution in [1.29, 1.82) is 0 Å². The van der Waals surface area contributed by atoms with Crippen LogP contribution in [0.5, 0.6) is 0 Å². The van der Waals surface area contributed by atoms with Crippen molar-refractivity contribution in [2.24, 2.45) is 0 Å². The van der Waals surface area contributed by atoms with Gasteiger partial charge in [0, 0.05) is 18.6 Å². The molecule has 98 valence electrons. The molecule has 0 amide bonds. The molecule has 1 aliphatic heterocycles. The van der Waals surface area contributed by atoms with E-state index in [0.717, 1.165) is 32.3 Å². The molecule has 0 radical (unpaired) electrons. The predicted molar refractivity (Wildman–Crippen MR) is 71.3 cm³/mol. The first-order valence-electron chi connectivity index (χ1n) is 6.26. The first-order chi connectivity index (χ1) is 8.66. The van der Waals surface area contributed by atoms with E-state index in [1.54, 1.807) is 6.07 Å². The van der Waals surface area contributed by atoms with Crippen molar-refractivity contribution < 1.29 is 13.9 Å². The third-order valence-corrected chi connectivity index (χ3v) is 3.80. The minimum atomic E-state index is -0.342. The van der Waals surface area contributed by atoms with Crippen molar-refractivity contribution >= 4 is 21.7 Å². The lowest BCUT2D eigenvalue weighted by Crippen LogP contribution is -2.06. The summed E-state index contributed by atoms with van der Waals surface area (Å²) in [7, 11) is 0. The number of Topliss-reactive ketones (excluding diaryl/α,β-unsaturated/α-hetero) is 1. The van der Waals surface area contributed by atoms with Crippen molar-refractivity contribution in [3.63, 3.8) is 0 Å². The summed E-state index contributed by atoms with van der Waals surface area (Å²) in [6, 6.07) is 4.40. The molecule has 0 saturated carbocycles. The number of benzene rings is 1. The van der Waals surface area contributed by atoms with Gasteiger partial charge in [-0.1, -0.05) is 0 Å². The van der Waals surface area contributed by atoms with Gasteiger partial charge >= 0.3 is 0 Å². The Bertz CT molecular complexity index is 428. The molecule has 0 aromatic heterocycles. The van der Waals surface area contributed by atoms with Crippen LogP contribution in [0.4, 0.5) is 4.39 Å². The van der Waals surface area contributed by atoms with Gasteiger partial charge in [-0.2, -0.15) is 0 Å². The van der Waals surface area contributed by atoms with Crippen molar-refractivity contribution in [3.8, 4) is 0 Å². The van der Waals surface area contributed by atoms with Gasteiger partial charge in [0.2, 0.25) is 0 Å². The highest BCUT2D eigenvalue weighted by atomic mass is 79.9. The zero-order valence-electron chi connectivity index (χ0n) is 10.1. The van der Waals surface area contributed by atoms with E-state index in [1.807, 2.05) is 0 Å². The number of hydrogen-bond acceptors (Lipinski definition) is 2. The molecule has 4 heteroatoms. The highest BCUT2D eigenvalue weighted by Gasteiger charge is 2.16. The lowest BCUT2D eigenvalue weighted by molar-refractivity contribution is 0.0922. The summed E-state index contributed by atoms with van der Waals surface area (Å²) < 4.78 is 18.9. The van der Waals surface area contributed by atoms with Crippen molar-refractivity contribution in [2.45, 2.75) is 38.2 Å². The number of rotatable bonds is 5. The van der Waals surface area contributed by atoms with Gasteiger partial charge < -0.3 is 4.74 Å². The molecule has 1 saturated heterocycles. The van der Waals surface area contributed by atoms with E-state index in [-0.39, 0.29) is 11.6 Å². The summed E-state index contributed by atoms with van der Waals surface area (Å²) in [4.78, 5) is 11.9. The monoisotopic (exact) mass is 314 g/mol. The van der Waals surface area contributed by atoms with Crippen molar-refractivity contribution in [2.75, 3.05) is 6.61 Å². The lowest BCUT2D eigenvalue weighted by Gasteiger charge is -2.08. The molecule has 1 fully saturated rings. The summed E-state index contributed by atoms with van der Waals surface area (Å²) in [6.45, 7) is 0.851. The molecular formula is C14H16BrFO2. The Hall–Kier alpha value is -0.740. The summed E-state index contributed by atoms with van der Waals surface area (Å²) in [6.07, 6.45) is 4.84. The summed E-state index contributed by atoms with van der Waals surface area (Å²) in [5.74, 6) is -0.278. The van der Waals surface area contributed by atoms with Crippen molar-refractivity contribution in [1.82, 2.24) is 0 Å². The quantitative estimate of drug-likeness (QED) is 0.764. The van der Waals surface area contributed by atoms with Crippen LogP contribution in [0.25, 0.3) is 0 Å². The van der Waals surface area contributed by atoms with E-state index < -0.39 is 0 Å². The highest BCUT2D eigenvalue weighted by Crippen LogP contribution is 2.20. The molecule has 1 atom stereocenters. The molecule has 0 spiro atoms. The fourth-order valence-electron chi connectivity index (χ4n) is 2.18. The molecule has 2 nitrogen and oxygen atoms in total. The number of carbonyl (C=O) groups is 1. The largest absolute Gasteiger partial charge is 0.378 e. The third kappa shape index (κ3) is 3.62. The fourth-order valence-corrected chi connectivity index (χ4v) is 2.56. The number of ether oxygens (including phenoxy) is 1. The van der Waals surface area contributed by atoms with Gasteiger partial charge in [0.05, 0.1) is 10.6 Å². The Labute approximate surface area is 115 Å². The van der Waals surface area contributed by atoms with E-state index in [4.69, 9.17) is 4.74 Å². The maximum Gasteiger partial charge on any atom is 0.162 e. The molecule has 1 heterocycles. The van der Waals surface area contributed by atoms with E-state index in [1.165, 1.54) is 12.1 Å². The van der Waals surface area contributed by atoms with Crippen LogP contribution in [0.2, 0.25) is 0 Å². The van der Waals surface area contributed by atoms with Gasteiger partial charge in [0.25, 0.3) is 0 Å². The Morgan fingerprint density at radius 3 is 3.00 bits per heavy atom. The molecule has 0 aliphatic carbocycles. The lowest BCUT2D eigenvalue weighted by atomic mass is 10.0.